The van der Waals surface area contributed by atoms with E-state index in [1.165, 1.54) is 33.7 Å². The standard InChI is InChI=1S/C22H30N4O3S/c1-16-7-8-18(30-16)12-24-10-9-22(14-24)15-25-19(13-29-22)23-26(21(28)20(25)27)11-17-5-3-2-4-6-17/h7-8,17H,2-6,9-15H2,1H3. The van der Waals surface area contributed by atoms with Gasteiger partial charge in [-0.1, -0.05) is 19.3 Å². The summed E-state index contributed by atoms with van der Waals surface area (Å²) in [6.45, 7) is 6.03. The number of likely N-dealkylation sites (tertiary alicyclic amines) is 1. The number of rotatable bonds is 4. The average Bonchev–Trinajstić information content (AvgIpc) is 3.33. The summed E-state index contributed by atoms with van der Waals surface area (Å²) in [5.41, 5.74) is -1.32. The fourth-order valence-corrected chi connectivity index (χ4v) is 6.17. The molecule has 1 saturated carbocycles. The molecule has 2 fully saturated rings. The maximum absolute atomic E-state index is 12.9. The zero-order valence-electron chi connectivity index (χ0n) is 17.6. The molecule has 162 valence electrons. The summed E-state index contributed by atoms with van der Waals surface area (Å²) in [6.07, 6.45) is 6.78. The van der Waals surface area contributed by atoms with Crippen molar-refractivity contribution in [2.24, 2.45) is 5.92 Å². The second-order valence-electron chi connectivity index (χ2n) is 9.24. The first kappa shape index (κ1) is 20.2. The van der Waals surface area contributed by atoms with Gasteiger partial charge in [0.2, 0.25) is 0 Å². The van der Waals surface area contributed by atoms with Crippen molar-refractivity contribution in [1.29, 1.82) is 0 Å². The highest BCUT2D eigenvalue weighted by Gasteiger charge is 2.43. The molecule has 1 aliphatic carbocycles. The highest BCUT2D eigenvalue weighted by atomic mass is 32.1. The van der Waals surface area contributed by atoms with Crippen molar-refractivity contribution in [3.8, 4) is 0 Å². The molecule has 0 bridgehead atoms. The van der Waals surface area contributed by atoms with Crippen LogP contribution in [0.15, 0.2) is 21.7 Å². The lowest BCUT2D eigenvalue weighted by atomic mass is 9.89. The lowest BCUT2D eigenvalue weighted by Crippen LogP contribution is -2.53. The number of ether oxygens (including phenoxy) is 1. The summed E-state index contributed by atoms with van der Waals surface area (Å²) >= 11 is 1.83. The zero-order valence-corrected chi connectivity index (χ0v) is 18.5. The third-order valence-corrected chi connectivity index (χ3v) is 7.88. The molecule has 2 aromatic heterocycles. The van der Waals surface area contributed by atoms with Crippen molar-refractivity contribution in [3.63, 3.8) is 0 Å². The lowest BCUT2D eigenvalue weighted by Gasteiger charge is -2.35. The third kappa shape index (κ3) is 3.92. The quantitative estimate of drug-likeness (QED) is 0.697. The average molecular weight is 431 g/mol. The van der Waals surface area contributed by atoms with Crippen LogP contribution in [-0.2, 0) is 31.0 Å². The molecule has 5 rings (SSSR count). The molecule has 1 saturated heterocycles. The Labute approximate surface area is 180 Å². The number of nitrogens with zero attached hydrogens (tertiary/aromatic N) is 4. The number of hydrogen-bond acceptors (Lipinski definition) is 6. The van der Waals surface area contributed by atoms with E-state index in [9.17, 15) is 9.59 Å². The Bertz CT molecular complexity index is 1040. The summed E-state index contributed by atoms with van der Waals surface area (Å²) in [6, 6.07) is 4.34. The molecule has 30 heavy (non-hydrogen) atoms. The first-order valence-electron chi connectivity index (χ1n) is 11.1. The predicted octanol–water partition coefficient (Wildman–Crippen LogP) is 2.53. The van der Waals surface area contributed by atoms with E-state index in [1.54, 1.807) is 4.57 Å². The van der Waals surface area contributed by atoms with Gasteiger partial charge >= 0.3 is 11.1 Å². The molecule has 0 aromatic carbocycles. The second kappa shape index (κ2) is 8.05. The fourth-order valence-electron chi connectivity index (χ4n) is 5.24. The summed E-state index contributed by atoms with van der Waals surface area (Å²) in [4.78, 5) is 30.7. The van der Waals surface area contributed by atoms with Crippen LogP contribution in [0, 0.1) is 12.8 Å². The van der Waals surface area contributed by atoms with E-state index in [0.717, 1.165) is 38.9 Å². The Balaban J connectivity index is 1.32. The highest BCUT2D eigenvalue weighted by molar-refractivity contribution is 7.11. The van der Waals surface area contributed by atoms with E-state index >= 15 is 0 Å². The number of fused-ring (bicyclic) bond motifs is 1. The van der Waals surface area contributed by atoms with Crippen LogP contribution < -0.4 is 11.1 Å². The molecule has 8 heteroatoms. The van der Waals surface area contributed by atoms with E-state index in [-0.39, 0.29) is 0 Å². The minimum Gasteiger partial charge on any atom is -0.364 e. The van der Waals surface area contributed by atoms with Crippen molar-refractivity contribution in [1.82, 2.24) is 19.2 Å². The van der Waals surface area contributed by atoms with Crippen molar-refractivity contribution >= 4 is 11.3 Å². The van der Waals surface area contributed by atoms with Crippen molar-refractivity contribution in [3.05, 3.63) is 48.4 Å². The smallest absolute Gasteiger partial charge is 0.332 e. The molecule has 3 aliphatic rings. The van der Waals surface area contributed by atoms with Gasteiger partial charge in [0.15, 0.2) is 5.82 Å². The van der Waals surface area contributed by atoms with Gasteiger partial charge in [0.1, 0.15) is 12.2 Å². The van der Waals surface area contributed by atoms with Gasteiger partial charge in [0.25, 0.3) is 0 Å². The van der Waals surface area contributed by atoms with Gasteiger partial charge in [-0.2, -0.15) is 5.10 Å². The molecule has 4 heterocycles. The molecular weight excluding hydrogens is 400 g/mol. The van der Waals surface area contributed by atoms with Gasteiger partial charge in [-0.15, -0.1) is 11.3 Å². The Kier molecular flexibility index (Phi) is 5.41. The SMILES string of the molecule is Cc1ccc(CN2CCC3(C2)Cn2c(nn(CC4CCCCC4)c(=O)c2=O)CO3)s1. The predicted molar refractivity (Wildman–Crippen MR) is 116 cm³/mol. The van der Waals surface area contributed by atoms with Gasteiger partial charge in [0.05, 0.1) is 6.54 Å². The third-order valence-electron chi connectivity index (χ3n) is 6.89. The molecule has 1 unspecified atom stereocenters. The minimum absolute atomic E-state index is 0.298. The second-order valence-corrected chi connectivity index (χ2v) is 10.6. The van der Waals surface area contributed by atoms with E-state index in [2.05, 4.69) is 29.1 Å². The molecule has 0 N–H and O–H groups in total. The molecule has 1 atom stereocenters. The van der Waals surface area contributed by atoms with Crippen molar-refractivity contribution in [2.75, 3.05) is 13.1 Å². The van der Waals surface area contributed by atoms with Gasteiger partial charge in [-0.3, -0.25) is 19.1 Å². The Morgan fingerprint density at radius 2 is 2.00 bits per heavy atom. The summed E-state index contributed by atoms with van der Waals surface area (Å²) < 4.78 is 9.28. The normalized spacial score (nSPS) is 25.1. The highest BCUT2D eigenvalue weighted by Crippen LogP contribution is 2.32. The molecule has 2 aromatic rings. The minimum atomic E-state index is -0.481. The number of aromatic nitrogens is 3. The van der Waals surface area contributed by atoms with Crippen LogP contribution in [0.1, 0.15) is 54.1 Å². The molecule has 2 aliphatic heterocycles. The van der Waals surface area contributed by atoms with Crippen LogP contribution in [0.4, 0.5) is 0 Å². The van der Waals surface area contributed by atoms with Crippen molar-refractivity contribution < 1.29 is 4.74 Å². The Morgan fingerprint density at radius 1 is 1.17 bits per heavy atom. The van der Waals surface area contributed by atoms with E-state index < -0.39 is 16.7 Å². The molecule has 7 nitrogen and oxygen atoms in total. The van der Waals surface area contributed by atoms with Gasteiger partial charge in [-0.25, -0.2) is 4.68 Å². The molecular formula is C22H30N4O3S. The van der Waals surface area contributed by atoms with E-state index in [1.807, 2.05) is 11.3 Å². The van der Waals surface area contributed by atoms with Gasteiger partial charge in [-0.05, 0) is 44.2 Å². The van der Waals surface area contributed by atoms with Crippen LogP contribution in [0.25, 0.3) is 0 Å². The maximum atomic E-state index is 12.9. The van der Waals surface area contributed by atoms with Crippen LogP contribution in [0.5, 0.6) is 0 Å². The summed E-state index contributed by atoms with van der Waals surface area (Å²) in [7, 11) is 0. The molecule has 0 amide bonds. The topological polar surface area (TPSA) is 69.4 Å². The Hall–Kier alpha value is -1.77. The van der Waals surface area contributed by atoms with Gasteiger partial charge < -0.3 is 4.74 Å². The molecule has 0 radical (unpaired) electrons. The lowest BCUT2D eigenvalue weighted by molar-refractivity contribution is -0.0859. The fraction of sp³-hybridized carbons (Fsp3) is 0.682. The van der Waals surface area contributed by atoms with Crippen molar-refractivity contribution in [2.45, 2.75) is 77.3 Å². The maximum Gasteiger partial charge on any atom is 0.332 e. The van der Waals surface area contributed by atoms with E-state index in [4.69, 9.17) is 4.74 Å². The first-order valence-corrected chi connectivity index (χ1v) is 12.0. The largest absolute Gasteiger partial charge is 0.364 e. The van der Waals surface area contributed by atoms with Crippen LogP contribution in [0.2, 0.25) is 0 Å². The zero-order chi connectivity index (χ0) is 20.7. The monoisotopic (exact) mass is 430 g/mol. The van der Waals surface area contributed by atoms with Crippen LogP contribution >= 0.6 is 11.3 Å². The Morgan fingerprint density at radius 3 is 2.77 bits per heavy atom. The van der Waals surface area contributed by atoms with Gasteiger partial charge in [0, 0.05) is 35.9 Å². The van der Waals surface area contributed by atoms with Crippen LogP contribution in [0.3, 0.4) is 0 Å². The number of hydrogen-bond donors (Lipinski definition) is 0. The first-order chi connectivity index (χ1) is 14.5. The number of thiophene rings is 1. The van der Waals surface area contributed by atoms with E-state index in [0.29, 0.717) is 31.4 Å². The number of aryl methyl sites for hydroxylation is 1. The van der Waals surface area contributed by atoms with Crippen LogP contribution in [-0.4, -0.2) is 37.9 Å². The summed E-state index contributed by atoms with van der Waals surface area (Å²) in [5, 5.41) is 4.54. The summed E-state index contributed by atoms with van der Waals surface area (Å²) in [5.74, 6) is 1.04. The molecule has 1 spiro atoms.